The largest absolute Gasteiger partial charge is 0.377 e. The minimum absolute atomic E-state index is 0.174. The van der Waals surface area contributed by atoms with E-state index in [0.29, 0.717) is 29.1 Å². The molecule has 6 rings (SSSR count). The molecule has 4 aromatic heterocycles. The Bertz CT molecular complexity index is 1530. The maximum absolute atomic E-state index is 13.2. The molecule has 2 aliphatic heterocycles. The molecule has 38 heavy (non-hydrogen) atoms. The fraction of sp³-hybridized carbons (Fsp3) is 0.423. The molecule has 1 spiro atoms. The number of aryl methyl sites for hydroxylation is 3. The molecule has 0 radical (unpaired) electrons. The second-order valence-electron chi connectivity index (χ2n) is 10.1. The Morgan fingerprint density at radius 2 is 2.00 bits per heavy atom. The molecule has 4 aromatic rings. The van der Waals surface area contributed by atoms with Crippen molar-refractivity contribution < 1.29 is 14.3 Å². The molecule has 12 heteroatoms. The van der Waals surface area contributed by atoms with Crippen LogP contribution in [0.4, 0.5) is 5.69 Å². The Labute approximate surface area is 223 Å². The van der Waals surface area contributed by atoms with Crippen molar-refractivity contribution in [2.24, 2.45) is 7.05 Å². The summed E-state index contributed by atoms with van der Waals surface area (Å²) in [6.45, 7) is 7.69. The van der Waals surface area contributed by atoms with E-state index in [1.165, 1.54) is 24.0 Å². The van der Waals surface area contributed by atoms with Gasteiger partial charge in [0.15, 0.2) is 0 Å². The van der Waals surface area contributed by atoms with Crippen molar-refractivity contribution in [2.75, 3.05) is 38.2 Å². The van der Waals surface area contributed by atoms with E-state index in [-0.39, 0.29) is 17.4 Å². The number of anilines is 1. The SMILES string of the molecule is Cc1ncc(C(=O)NCCN2CCCC23COC3)cc1NC(=O)c1cnn2cc(-c3cn(C)nc3C)sc12. The smallest absolute Gasteiger partial charge is 0.260 e. The molecule has 0 bridgehead atoms. The van der Waals surface area contributed by atoms with Gasteiger partial charge in [-0.3, -0.25) is 24.2 Å². The molecule has 0 unspecified atom stereocenters. The standard InChI is InChI=1S/C26H30N8O3S/c1-16-20(12-32(3)31-16)22-13-34-25(38-22)19(11-29-34)24(36)30-21-9-18(10-28-17(21)2)23(35)27-6-8-33-7-4-5-26(33)14-37-15-26/h9-13H,4-8,14-15H2,1-3H3,(H,27,35)(H,30,36). The number of nitrogens with zero attached hydrogens (tertiary/aromatic N) is 6. The zero-order valence-electron chi connectivity index (χ0n) is 21.7. The summed E-state index contributed by atoms with van der Waals surface area (Å²) in [6.07, 6.45) is 9.28. The van der Waals surface area contributed by atoms with Gasteiger partial charge >= 0.3 is 0 Å². The Morgan fingerprint density at radius 1 is 1.16 bits per heavy atom. The summed E-state index contributed by atoms with van der Waals surface area (Å²) in [4.78, 5) is 34.6. The van der Waals surface area contributed by atoms with Crippen molar-refractivity contribution >= 4 is 33.7 Å². The summed E-state index contributed by atoms with van der Waals surface area (Å²) >= 11 is 1.48. The summed E-state index contributed by atoms with van der Waals surface area (Å²) < 4.78 is 8.92. The van der Waals surface area contributed by atoms with Crippen molar-refractivity contribution in [3.63, 3.8) is 0 Å². The minimum atomic E-state index is -0.305. The molecular formula is C26H30N8O3S. The van der Waals surface area contributed by atoms with E-state index in [1.807, 2.05) is 26.4 Å². The van der Waals surface area contributed by atoms with Crippen LogP contribution >= 0.6 is 11.3 Å². The highest BCUT2D eigenvalue weighted by Gasteiger charge is 2.46. The second kappa shape index (κ2) is 9.61. The molecule has 11 nitrogen and oxygen atoms in total. The quantitative estimate of drug-likeness (QED) is 0.374. The van der Waals surface area contributed by atoms with Gasteiger partial charge in [-0.25, -0.2) is 4.52 Å². The molecule has 2 fully saturated rings. The number of pyridine rings is 1. The van der Waals surface area contributed by atoms with Crippen molar-refractivity contribution in [1.29, 1.82) is 0 Å². The van der Waals surface area contributed by atoms with Gasteiger partial charge in [-0.05, 0) is 39.3 Å². The number of hydrogen-bond acceptors (Lipinski definition) is 8. The monoisotopic (exact) mass is 534 g/mol. The Hall–Kier alpha value is -3.61. The third-order valence-electron chi connectivity index (χ3n) is 7.47. The van der Waals surface area contributed by atoms with Gasteiger partial charge in [0.1, 0.15) is 4.83 Å². The first-order valence-electron chi connectivity index (χ1n) is 12.7. The van der Waals surface area contributed by atoms with Crippen LogP contribution in [0, 0.1) is 13.8 Å². The van der Waals surface area contributed by atoms with E-state index in [9.17, 15) is 9.59 Å². The number of ether oxygens (including phenoxy) is 1. The fourth-order valence-electron chi connectivity index (χ4n) is 5.30. The average Bonchev–Trinajstić information content (AvgIpc) is 3.62. The van der Waals surface area contributed by atoms with Crippen molar-refractivity contribution in [2.45, 2.75) is 32.2 Å². The summed E-state index contributed by atoms with van der Waals surface area (Å²) in [7, 11) is 1.88. The summed E-state index contributed by atoms with van der Waals surface area (Å²) in [6, 6.07) is 1.67. The van der Waals surface area contributed by atoms with Crippen LogP contribution in [-0.4, -0.2) is 79.5 Å². The van der Waals surface area contributed by atoms with Crippen LogP contribution < -0.4 is 10.6 Å². The molecule has 0 saturated carbocycles. The third kappa shape index (κ3) is 4.38. The maximum atomic E-state index is 13.2. The van der Waals surface area contributed by atoms with Crippen molar-refractivity contribution in [3.05, 3.63) is 53.4 Å². The molecule has 0 atom stereocenters. The van der Waals surface area contributed by atoms with Crippen molar-refractivity contribution in [1.82, 2.24) is 34.6 Å². The van der Waals surface area contributed by atoms with E-state index in [0.717, 1.165) is 53.7 Å². The number of likely N-dealkylation sites (tertiary alicyclic amines) is 1. The van der Waals surface area contributed by atoms with Crippen LogP contribution in [-0.2, 0) is 11.8 Å². The molecule has 2 N–H and O–H groups in total. The number of amides is 2. The number of rotatable bonds is 7. The van der Waals surface area contributed by atoms with E-state index >= 15 is 0 Å². The van der Waals surface area contributed by atoms with Gasteiger partial charge in [0.05, 0.1) is 58.0 Å². The average molecular weight is 535 g/mol. The van der Waals surface area contributed by atoms with E-state index in [2.05, 4.69) is 30.7 Å². The highest BCUT2D eigenvalue weighted by atomic mass is 32.1. The second-order valence-corrected chi connectivity index (χ2v) is 11.1. The first kappa shape index (κ1) is 24.7. The van der Waals surface area contributed by atoms with Crippen LogP contribution in [0.15, 0.2) is 30.9 Å². The number of carbonyl (C=O) groups is 2. The van der Waals surface area contributed by atoms with Crippen LogP contribution in [0.5, 0.6) is 0 Å². The van der Waals surface area contributed by atoms with E-state index in [1.54, 1.807) is 28.4 Å². The van der Waals surface area contributed by atoms with Gasteiger partial charge in [0, 0.05) is 44.3 Å². The molecule has 2 saturated heterocycles. The lowest BCUT2D eigenvalue weighted by molar-refractivity contribution is -0.122. The number of nitrogens with one attached hydrogen (secondary N) is 2. The van der Waals surface area contributed by atoms with Gasteiger partial charge in [0.2, 0.25) is 0 Å². The maximum Gasteiger partial charge on any atom is 0.260 e. The number of thiazole rings is 1. The Balaban J connectivity index is 1.13. The van der Waals surface area contributed by atoms with Gasteiger partial charge < -0.3 is 15.4 Å². The predicted molar refractivity (Wildman–Crippen MR) is 144 cm³/mol. The fourth-order valence-corrected chi connectivity index (χ4v) is 6.42. The first-order valence-corrected chi connectivity index (χ1v) is 13.5. The number of carbonyl (C=O) groups excluding carboxylic acids is 2. The lowest BCUT2D eigenvalue weighted by atomic mass is 9.94. The zero-order chi connectivity index (χ0) is 26.4. The van der Waals surface area contributed by atoms with Gasteiger partial charge in [-0.1, -0.05) is 0 Å². The highest BCUT2D eigenvalue weighted by Crippen LogP contribution is 2.35. The normalized spacial score (nSPS) is 16.7. The van der Waals surface area contributed by atoms with Crippen LogP contribution in [0.1, 0.15) is 44.9 Å². The third-order valence-corrected chi connectivity index (χ3v) is 8.61. The summed E-state index contributed by atoms with van der Waals surface area (Å²) in [5, 5.41) is 14.7. The van der Waals surface area contributed by atoms with E-state index in [4.69, 9.17) is 4.74 Å². The van der Waals surface area contributed by atoms with Gasteiger partial charge in [-0.2, -0.15) is 10.2 Å². The lowest BCUT2D eigenvalue weighted by Gasteiger charge is -2.45. The molecule has 198 valence electrons. The number of hydrogen-bond donors (Lipinski definition) is 2. The molecule has 0 aromatic carbocycles. The van der Waals surface area contributed by atoms with Gasteiger partial charge in [0.25, 0.3) is 11.8 Å². The van der Waals surface area contributed by atoms with Crippen molar-refractivity contribution in [3.8, 4) is 10.4 Å². The summed E-state index contributed by atoms with van der Waals surface area (Å²) in [5.41, 5.74) is 4.07. The first-order chi connectivity index (χ1) is 18.3. The highest BCUT2D eigenvalue weighted by molar-refractivity contribution is 7.21. The zero-order valence-corrected chi connectivity index (χ0v) is 22.5. The van der Waals surface area contributed by atoms with Gasteiger partial charge in [-0.15, -0.1) is 11.3 Å². The Kier molecular flexibility index (Phi) is 6.25. The van der Waals surface area contributed by atoms with Crippen LogP contribution in [0.3, 0.4) is 0 Å². The molecule has 6 heterocycles. The number of aromatic nitrogens is 5. The predicted octanol–water partition coefficient (Wildman–Crippen LogP) is 2.66. The Morgan fingerprint density at radius 3 is 2.74 bits per heavy atom. The van der Waals surface area contributed by atoms with Crippen LogP contribution in [0.2, 0.25) is 0 Å². The lowest BCUT2D eigenvalue weighted by Crippen LogP contribution is -2.59. The summed E-state index contributed by atoms with van der Waals surface area (Å²) in [5.74, 6) is -0.519. The number of fused-ring (bicyclic) bond motifs is 1. The molecule has 2 aliphatic rings. The molecule has 2 amide bonds. The molecular weight excluding hydrogens is 504 g/mol. The molecule has 0 aliphatic carbocycles. The van der Waals surface area contributed by atoms with Crippen LogP contribution in [0.25, 0.3) is 15.3 Å². The minimum Gasteiger partial charge on any atom is -0.377 e. The van der Waals surface area contributed by atoms with E-state index < -0.39 is 0 Å². The topological polar surface area (TPSA) is 119 Å².